The first-order valence-electron chi connectivity index (χ1n) is 7.13. The molecule has 2 aromatic rings. The number of nitrogens with one attached hydrogen (secondary N) is 1. The molecular weight excluding hydrogens is 389 g/mol. The summed E-state index contributed by atoms with van der Waals surface area (Å²) in [7, 11) is 0. The predicted molar refractivity (Wildman–Crippen MR) is 99.8 cm³/mol. The molecule has 126 valence electrons. The van der Waals surface area contributed by atoms with Crippen molar-refractivity contribution in [3.05, 3.63) is 44.9 Å². The number of halogens is 2. The van der Waals surface area contributed by atoms with Gasteiger partial charge in [-0.3, -0.25) is 14.9 Å². The summed E-state index contributed by atoms with van der Waals surface area (Å²) < 4.78 is 0. The normalized spacial score (nSPS) is 14.5. The van der Waals surface area contributed by atoms with Crippen molar-refractivity contribution in [2.75, 3.05) is 29.9 Å². The van der Waals surface area contributed by atoms with Gasteiger partial charge in [0.05, 0.1) is 10.0 Å². The highest BCUT2D eigenvalue weighted by Crippen LogP contribution is 2.24. The first-order valence-corrected chi connectivity index (χ1v) is 9.92. The van der Waals surface area contributed by atoms with Crippen LogP contribution < -0.4 is 5.32 Å². The minimum atomic E-state index is -0.351. The lowest BCUT2D eigenvalue weighted by molar-refractivity contribution is 0.0767. The Kier molecular flexibility index (Phi) is 5.65. The van der Waals surface area contributed by atoms with E-state index in [4.69, 9.17) is 23.2 Å². The minimum absolute atomic E-state index is 0.0958. The lowest BCUT2D eigenvalue weighted by atomic mass is 10.2. The molecule has 0 bridgehead atoms. The second kappa shape index (κ2) is 7.74. The number of rotatable bonds is 3. The van der Waals surface area contributed by atoms with Crippen LogP contribution in [-0.2, 0) is 0 Å². The molecule has 1 aliphatic heterocycles. The van der Waals surface area contributed by atoms with Crippen molar-refractivity contribution in [3.63, 3.8) is 0 Å². The Labute approximate surface area is 157 Å². The van der Waals surface area contributed by atoms with Crippen molar-refractivity contribution in [2.24, 2.45) is 0 Å². The molecule has 0 unspecified atom stereocenters. The number of benzene rings is 1. The highest BCUT2D eigenvalue weighted by Gasteiger charge is 2.21. The van der Waals surface area contributed by atoms with Crippen LogP contribution in [0.2, 0.25) is 10.0 Å². The molecule has 0 spiro atoms. The van der Waals surface area contributed by atoms with Gasteiger partial charge < -0.3 is 4.90 Å². The Morgan fingerprint density at radius 2 is 1.92 bits per heavy atom. The number of thiazole rings is 1. The number of amides is 2. The zero-order chi connectivity index (χ0) is 17.1. The van der Waals surface area contributed by atoms with Crippen molar-refractivity contribution in [1.29, 1.82) is 0 Å². The van der Waals surface area contributed by atoms with E-state index in [0.29, 0.717) is 26.4 Å². The Balaban J connectivity index is 1.68. The highest BCUT2D eigenvalue weighted by atomic mass is 35.5. The summed E-state index contributed by atoms with van der Waals surface area (Å²) >= 11 is 14.8. The van der Waals surface area contributed by atoms with Gasteiger partial charge in [0.15, 0.2) is 5.13 Å². The van der Waals surface area contributed by atoms with E-state index in [2.05, 4.69) is 10.3 Å². The number of carbonyl (C=O) groups excluding carboxylic acids is 2. The van der Waals surface area contributed by atoms with Gasteiger partial charge in [0.1, 0.15) is 5.69 Å². The zero-order valence-corrected chi connectivity index (χ0v) is 15.6. The summed E-state index contributed by atoms with van der Waals surface area (Å²) in [5, 5.41) is 5.40. The van der Waals surface area contributed by atoms with Crippen LogP contribution in [0.25, 0.3) is 0 Å². The molecule has 3 rings (SSSR count). The lowest BCUT2D eigenvalue weighted by Gasteiger charge is -2.25. The summed E-state index contributed by atoms with van der Waals surface area (Å²) in [6, 6.07) is 4.63. The molecule has 1 saturated heterocycles. The molecule has 24 heavy (non-hydrogen) atoms. The van der Waals surface area contributed by atoms with E-state index in [9.17, 15) is 9.59 Å². The second-order valence-corrected chi connectivity index (χ2v) is 7.92. The quantitative estimate of drug-likeness (QED) is 0.846. The van der Waals surface area contributed by atoms with Gasteiger partial charge in [0.2, 0.25) is 0 Å². The molecule has 1 fully saturated rings. The van der Waals surface area contributed by atoms with Crippen LogP contribution in [0.15, 0.2) is 23.6 Å². The van der Waals surface area contributed by atoms with Crippen molar-refractivity contribution < 1.29 is 9.59 Å². The van der Waals surface area contributed by atoms with E-state index in [0.717, 1.165) is 24.6 Å². The molecule has 9 heteroatoms. The number of hydrogen-bond donors (Lipinski definition) is 1. The van der Waals surface area contributed by atoms with Gasteiger partial charge in [-0.15, -0.1) is 11.3 Å². The standard InChI is InChI=1S/C15H13Cl2N3O2S2/c16-10-2-1-9(7-11(10)17)13(21)19-15-18-12(8-24-15)14(22)20-3-5-23-6-4-20/h1-2,7-8H,3-6H2,(H,18,19,21). The average Bonchev–Trinajstić information content (AvgIpc) is 3.06. The van der Waals surface area contributed by atoms with Crippen LogP contribution in [0, 0.1) is 0 Å². The van der Waals surface area contributed by atoms with E-state index >= 15 is 0 Å². The Morgan fingerprint density at radius 1 is 1.17 bits per heavy atom. The summed E-state index contributed by atoms with van der Waals surface area (Å²) in [6.45, 7) is 1.46. The van der Waals surface area contributed by atoms with Crippen LogP contribution >= 0.6 is 46.3 Å². The maximum Gasteiger partial charge on any atom is 0.273 e. The Bertz CT molecular complexity index is 776. The van der Waals surface area contributed by atoms with Crippen LogP contribution in [-0.4, -0.2) is 46.3 Å². The van der Waals surface area contributed by atoms with Crippen molar-refractivity contribution in [2.45, 2.75) is 0 Å². The van der Waals surface area contributed by atoms with Crippen LogP contribution in [0.3, 0.4) is 0 Å². The summed E-state index contributed by atoms with van der Waals surface area (Å²) in [6.07, 6.45) is 0. The predicted octanol–water partition coefficient (Wildman–Crippen LogP) is 3.89. The fraction of sp³-hybridized carbons (Fsp3) is 0.267. The fourth-order valence-corrected chi connectivity index (χ4v) is 4.05. The van der Waals surface area contributed by atoms with Gasteiger partial charge in [0, 0.05) is 35.5 Å². The Hall–Kier alpha value is -1.28. The van der Waals surface area contributed by atoms with Crippen molar-refractivity contribution in [3.8, 4) is 0 Å². The molecule has 1 aliphatic rings. The third-order valence-electron chi connectivity index (χ3n) is 3.42. The summed E-state index contributed by atoms with van der Waals surface area (Å²) in [4.78, 5) is 30.6. The van der Waals surface area contributed by atoms with Crippen LogP contribution in [0.4, 0.5) is 5.13 Å². The molecule has 1 N–H and O–H groups in total. The van der Waals surface area contributed by atoms with E-state index in [1.54, 1.807) is 22.4 Å². The summed E-state index contributed by atoms with van der Waals surface area (Å²) in [5.74, 6) is 1.44. The number of aromatic nitrogens is 1. The first-order chi connectivity index (χ1) is 11.5. The van der Waals surface area contributed by atoms with Gasteiger partial charge in [-0.25, -0.2) is 4.98 Å². The van der Waals surface area contributed by atoms with Crippen LogP contribution in [0.5, 0.6) is 0 Å². The molecule has 2 amide bonds. The highest BCUT2D eigenvalue weighted by molar-refractivity contribution is 7.99. The number of nitrogens with zero attached hydrogens (tertiary/aromatic N) is 2. The molecule has 0 radical (unpaired) electrons. The summed E-state index contributed by atoms with van der Waals surface area (Å²) in [5.41, 5.74) is 0.733. The van der Waals surface area contributed by atoms with Crippen molar-refractivity contribution >= 4 is 63.2 Å². The van der Waals surface area contributed by atoms with Gasteiger partial charge in [-0.1, -0.05) is 23.2 Å². The zero-order valence-electron chi connectivity index (χ0n) is 12.4. The molecule has 0 aliphatic carbocycles. The van der Waals surface area contributed by atoms with Gasteiger partial charge in [0.25, 0.3) is 11.8 Å². The van der Waals surface area contributed by atoms with E-state index in [-0.39, 0.29) is 11.8 Å². The molecule has 5 nitrogen and oxygen atoms in total. The average molecular weight is 402 g/mol. The second-order valence-electron chi connectivity index (χ2n) is 5.03. The number of hydrogen-bond acceptors (Lipinski definition) is 5. The minimum Gasteiger partial charge on any atom is -0.336 e. The topological polar surface area (TPSA) is 62.3 Å². The van der Waals surface area contributed by atoms with E-state index in [1.807, 2.05) is 11.8 Å². The van der Waals surface area contributed by atoms with E-state index in [1.165, 1.54) is 17.4 Å². The smallest absolute Gasteiger partial charge is 0.273 e. The molecule has 1 aromatic heterocycles. The lowest BCUT2D eigenvalue weighted by Crippen LogP contribution is -2.38. The largest absolute Gasteiger partial charge is 0.336 e. The number of carbonyl (C=O) groups is 2. The van der Waals surface area contributed by atoms with Crippen molar-refractivity contribution in [1.82, 2.24) is 9.88 Å². The Morgan fingerprint density at radius 3 is 2.62 bits per heavy atom. The maximum atomic E-state index is 12.4. The number of thioether (sulfide) groups is 1. The molecule has 0 atom stereocenters. The maximum absolute atomic E-state index is 12.4. The third-order valence-corrected chi connectivity index (χ3v) is 5.86. The van der Waals surface area contributed by atoms with Crippen LogP contribution in [0.1, 0.15) is 20.8 Å². The van der Waals surface area contributed by atoms with E-state index < -0.39 is 0 Å². The van der Waals surface area contributed by atoms with Gasteiger partial charge in [-0.2, -0.15) is 11.8 Å². The monoisotopic (exact) mass is 401 g/mol. The fourth-order valence-electron chi connectivity index (χ4n) is 2.16. The SMILES string of the molecule is O=C(Nc1nc(C(=O)N2CCSCC2)cs1)c1ccc(Cl)c(Cl)c1. The molecule has 1 aromatic carbocycles. The van der Waals surface area contributed by atoms with Gasteiger partial charge in [-0.05, 0) is 18.2 Å². The molecule has 0 saturated carbocycles. The first kappa shape index (κ1) is 17.5. The molecule has 2 heterocycles. The van der Waals surface area contributed by atoms with Gasteiger partial charge >= 0.3 is 0 Å². The third kappa shape index (κ3) is 4.03. The number of anilines is 1. The molecular formula is C15H13Cl2N3O2S2.